The number of nitrogens with one attached hydrogen (secondary N) is 1. The molecule has 0 radical (unpaired) electrons. The van der Waals surface area contributed by atoms with Gasteiger partial charge in [0.05, 0.1) is 17.9 Å². The summed E-state index contributed by atoms with van der Waals surface area (Å²) >= 11 is 0. The minimum Gasteiger partial charge on any atom is -0.371 e. The molecule has 1 N–H and O–H groups in total. The van der Waals surface area contributed by atoms with Gasteiger partial charge in [-0.1, -0.05) is 12.1 Å². The van der Waals surface area contributed by atoms with Crippen LogP contribution in [-0.2, 0) is 10.2 Å². The predicted molar refractivity (Wildman–Crippen MR) is 80.4 cm³/mol. The van der Waals surface area contributed by atoms with Crippen molar-refractivity contribution in [1.82, 2.24) is 9.62 Å². The Labute approximate surface area is 120 Å². The van der Waals surface area contributed by atoms with Crippen LogP contribution in [-0.4, -0.2) is 59.0 Å². The normalized spacial score (nSPS) is 20.9. The Hall–Kier alpha value is -1.31. The summed E-state index contributed by atoms with van der Waals surface area (Å²) in [4.78, 5) is 2.10. The van der Waals surface area contributed by atoms with Crippen molar-refractivity contribution < 1.29 is 8.42 Å². The standard InChI is InChI=1S/C13H20N4O2S/c1-15-10-11-17(13-5-3-2-4-12(13)15)20(18,19)16-8-6-14-7-9-16/h2-5,14H,6-11H2,1H3. The van der Waals surface area contributed by atoms with Crippen molar-refractivity contribution in [2.45, 2.75) is 0 Å². The Morgan fingerprint density at radius 2 is 1.65 bits per heavy atom. The SMILES string of the molecule is CN1CCN(S(=O)(=O)N2CCNCC2)c2ccccc21. The largest absolute Gasteiger partial charge is 0.371 e. The van der Waals surface area contributed by atoms with Crippen molar-refractivity contribution in [3.63, 3.8) is 0 Å². The van der Waals surface area contributed by atoms with E-state index >= 15 is 0 Å². The molecular weight excluding hydrogens is 276 g/mol. The summed E-state index contributed by atoms with van der Waals surface area (Å²) in [5.74, 6) is 0. The number of hydrogen-bond donors (Lipinski definition) is 1. The number of anilines is 2. The van der Waals surface area contributed by atoms with Crippen LogP contribution in [0.5, 0.6) is 0 Å². The van der Waals surface area contributed by atoms with Gasteiger partial charge in [-0.05, 0) is 12.1 Å². The van der Waals surface area contributed by atoms with E-state index in [-0.39, 0.29) is 0 Å². The van der Waals surface area contributed by atoms with Crippen LogP contribution in [0.15, 0.2) is 24.3 Å². The molecule has 20 heavy (non-hydrogen) atoms. The third-order valence-electron chi connectivity index (χ3n) is 3.88. The summed E-state index contributed by atoms with van der Waals surface area (Å²) in [7, 11) is -1.43. The third-order valence-corrected chi connectivity index (χ3v) is 5.83. The second-order valence-electron chi connectivity index (χ2n) is 5.14. The summed E-state index contributed by atoms with van der Waals surface area (Å²) in [5.41, 5.74) is 1.75. The van der Waals surface area contributed by atoms with E-state index in [9.17, 15) is 8.42 Å². The van der Waals surface area contributed by atoms with Gasteiger partial charge in [0.15, 0.2) is 0 Å². The number of fused-ring (bicyclic) bond motifs is 1. The summed E-state index contributed by atoms with van der Waals surface area (Å²) in [6.07, 6.45) is 0. The van der Waals surface area contributed by atoms with Gasteiger partial charge in [-0.3, -0.25) is 4.31 Å². The van der Waals surface area contributed by atoms with Gasteiger partial charge in [-0.15, -0.1) is 0 Å². The molecule has 0 bridgehead atoms. The van der Waals surface area contributed by atoms with Crippen LogP contribution in [0.25, 0.3) is 0 Å². The van der Waals surface area contributed by atoms with E-state index in [1.807, 2.05) is 31.3 Å². The second-order valence-corrected chi connectivity index (χ2v) is 6.99. The van der Waals surface area contributed by atoms with Crippen LogP contribution >= 0.6 is 0 Å². The molecule has 0 aliphatic carbocycles. The number of likely N-dealkylation sites (N-methyl/N-ethyl adjacent to an activating group) is 1. The molecule has 2 aliphatic heterocycles. The summed E-state index contributed by atoms with van der Waals surface area (Å²) < 4.78 is 28.8. The highest BCUT2D eigenvalue weighted by Crippen LogP contribution is 2.34. The van der Waals surface area contributed by atoms with Crippen molar-refractivity contribution in [2.75, 3.05) is 55.5 Å². The Morgan fingerprint density at radius 1 is 1.00 bits per heavy atom. The van der Waals surface area contributed by atoms with Crippen molar-refractivity contribution in [3.8, 4) is 0 Å². The Morgan fingerprint density at radius 3 is 2.35 bits per heavy atom. The van der Waals surface area contributed by atoms with E-state index in [2.05, 4.69) is 10.2 Å². The molecule has 2 aliphatic rings. The maximum atomic E-state index is 12.8. The quantitative estimate of drug-likeness (QED) is 0.840. The molecule has 0 amide bonds. The summed E-state index contributed by atoms with van der Waals surface area (Å²) in [6.45, 7) is 3.72. The average molecular weight is 296 g/mol. The first-order valence-corrected chi connectivity index (χ1v) is 8.29. The first kappa shape index (κ1) is 13.7. The van der Waals surface area contributed by atoms with Crippen LogP contribution in [0.4, 0.5) is 11.4 Å². The van der Waals surface area contributed by atoms with Gasteiger partial charge in [0.1, 0.15) is 0 Å². The zero-order chi connectivity index (χ0) is 14.2. The van der Waals surface area contributed by atoms with E-state index in [1.54, 1.807) is 8.61 Å². The van der Waals surface area contributed by atoms with E-state index < -0.39 is 10.2 Å². The lowest BCUT2D eigenvalue weighted by atomic mass is 10.2. The van der Waals surface area contributed by atoms with Crippen LogP contribution in [0.3, 0.4) is 0 Å². The van der Waals surface area contributed by atoms with Gasteiger partial charge in [0, 0.05) is 39.8 Å². The highest BCUT2D eigenvalue weighted by Gasteiger charge is 2.34. The lowest BCUT2D eigenvalue weighted by molar-refractivity contribution is 0.358. The smallest absolute Gasteiger partial charge is 0.304 e. The highest BCUT2D eigenvalue weighted by molar-refractivity contribution is 7.90. The number of piperazine rings is 1. The monoisotopic (exact) mass is 296 g/mol. The second kappa shape index (κ2) is 5.23. The first-order chi connectivity index (χ1) is 9.60. The summed E-state index contributed by atoms with van der Waals surface area (Å²) in [5, 5.41) is 3.18. The molecule has 2 heterocycles. The fourth-order valence-electron chi connectivity index (χ4n) is 2.73. The average Bonchev–Trinajstić information content (AvgIpc) is 2.48. The maximum absolute atomic E-state index is 12.8. The molecule has 0 aromatic heterocycles. The molecule has 0 unspecified atom stereocenters. The zero-order valence-electron chi connectivity index (χ0n) is 11.6. The van der Waals surface area contributed by atoms with Gasteiger partial charge < -0.3 is 10.2 Å². The minimum absolute atomic E-state index is 0.500. The number of rotatable bonds is 2. The lowest BCUT2D eigenvalue weighted by Gasteiger charge is -2.39. The Bertz CT molecular complexity index is 584. The number of hydrogen-bond acceptors (Lipinski definition) is 4. The fraction of sp³-hybridized carbons (Fsp3) is 0.538. The fourth-order valence-corrected chi connectivity index (χ4v) is 4.37. The van der Waals surface area contributed by atoms with Gasteiger partial charge >= 0.3 is 10.2 Å². The van der Waals surface area contributed by atoms with Crippen LogP contribution in [0, 0.1) is 0 Å². The van der Waals surface area contributed by atoms with E-state index in [0.29, 0.717) is 39.3 Å². The van der Waals surface area contributed by atoms with Crippen LogP contribution < -0.4 is 14.5 Å². The Balaban J connectivity index is 1.96. The highest BCUT2D eigenvalue weighted by atomic mass is 32.2. The Kier molecular flexibility index (Phi) is 3.57. The number of nitrogens with zero attached hydrogens (tertiary/aromatic N) is 3. The summed E-state index contributed by atoms with van der Waals surface area (Å²) in [6, 6.07) is 7.67. The predicted octanol–water partition coefficient (Wildman–Crippen LogP) is 0.0928. The molecule has 0 spiro atoms. The molecule has 0 saturated carbocycles. The minimum atomic E-state index is -3.42. The van der Waals surface area contributed by atoms with Gasteiger partial charge in [-0.2, -0.15) is 12.7 Å². The van der Waals surface area contributed by atoms with Crippen molar-refractivity contribution >= 4 is 21.6 Å². The van der Waals surface area contributed by atoms with Crippen molar-refractivity contribution in [2.24, 2.45) is 0 Å². The molecule has 7 heteroatoms. The first-order valence-electron chi connectivity index (χ1n) is 6.89. The van der Waals surface area contributed by atoms with E-state index in [4.69, 9.17) is 0 Å². The van der Waals surface area contributed by atoms with Crippen molar-refractivity contribution in [3.05, 3.63) is 24.3 Å². The van der Waals surface area contributed by atoms with E-state index in [1.165, 1.54) is 0 Å². The van der Waals surface area contributed by atoms with Gasteiger partial charge in [-0.25, -0.2) is 0 Å². The lowest BCUT2D eigenvalue weighted by Crippen LogP contribution is -2.54. The zero-order valence-corrected chi connectivity index (χ0v) is 12.4. The molecule has 1 saturated heterocycles. The molecule has 1 fully saturated rings. The molecule has 0 atom stereocenters. The molecule has 1 aromatic carbocycles. The molecule has 1 aromatic rings. The van der Waals surface area contributed by atoms with Crippen molar-refractivity contribution in [1.29, 1.82) is 0 Å². The number of benzene rings is 1. The number of para-hydroxylation sites is 2. The maximum Gasteiger partial charge on any atom is 0.304 e. The van der Waals surface area contributed by atoms with Gasteiger partial charge in [0.2, 0.25) is 0 Å². The molecule has 6 nitrogen and oxygen atoms in total. The molecule has 110 valence electrons. The topological polar surface area (TPSA) is 55.9 Å². The van der Waals surface area contributed by atoms with Crippen LogP contribution in [0.1, 0.15) is 0 Å². The molecular formula is C13H20N4O2S. The van der Waals surface area contributed by atoms with Crippen LogP contribution in [0.2, 0.25) is 0 Å². The van der Waals surface area contributed by atoms with E-state index in [0.717, 1.165) is 11.4 Å². The third kappa shape index (κ3) is 2.25. The molecule has 3 rings (SSSR count). The van der Waals surface area contributed by atoms with Gasteiger partial charge in [0.25, 0.3) is 0 Å².